The van der Waals surface area contributed by atoms with E-state index >= 15 is 0 Å². The van der Waals surface area contributed by atoms with Crippen LogP contribution < -0.4 is 4.74 Å². The predicted octanol–water partition coefficient (Wildman–Crippen LogP) is 2.25. The van der Waals surface area contributed by atoms with Gasteiger partial charge in [0, 0.05) is 77.1 Å². The van der Waals surface area contributed by atoms with Crippen LogP contribution >= 0.6 is 0 Å². The molecular formula is C29H42N4O4. The van der Waals surface area contributed by atoms with Crippen molar-refractivity contribution < 1.29 is 19.1 Å². The number of hydrogen-bond acceptors (Lipinski definition) is 6. The molecular weight excluding hydrogens is 468 g/mol. The maximum Gasteiger partial charge on any atom is 0.236 e. The largest absolute Gasteiger partial charge is 0.489 e. The Kier molecular flexibility index (Phi) is 8.79. The molecule has 0 saturated carbocycles. The number of nitrogens with zero attached hydrogens (tertiary/aromatic N) is 4. The maximum absolute atomic E-state index is 13.6. The van der Waals surface area contributed by atoms with Crippen molar-refractivity contribution in [1.29, 1.82) is 0 Å². The third-order valence-electron chi connectivity index (χ3n) is 8.56. The highest BCUT2D eigenvalue weighted by molar-refractivity contribution is 5.79. The van der Waals surface area contributed by atoms with Crippen LogP contribution in [0.25, 0.3) is 0 Å². The highest BCUT2D eigenvalue weighted by Crippen LogP contribution is 2.30. The molecule has 0 radical (unpaired) electrons. The van der Waals surface area contributed by atoms with E-state index in [1.165, 1.54) is 0 Å². The van der Waals surface area contributed by atoms with Gasteiger partial charge in [0.1, 0.15) is 12.4 Å². The molecule has 5 rings (SSSR count). The molecule has 0 aromatic heterocycles. The van der Waals surface area contributed by atoms with Gasteiger partial charge in [0.2, 0.25) is 11.8 Å². The van der Waals surface area contributed by atoms with Crippen LogP contribution in [0.2, 0.25) is 0 Å². The number of piperazine rings is 1. The lowest BCUT2D eigenvalue weighted by Gasteiger charge is -2.40. The standard InChI is InChI=1S/C29H42N4O4/c1-30-12-14-31(15-13-30)28(34)19-23-8-11-32-20-24(23)6-4-16-37-27-7-3-2-5-25(27)21-33(22-29(32)35)26-9-17-36-18-10-26/h2-7,23-24,26H,8-22H2,1H3/t23-,24-/m0/s1. The molecule has 2 atom stereocenters. The predicted molar refractivity (Wildman–Crippen MR) is 142 cm³/mol. The van der Waals surface area contributed by atoms with Gasteiger partial charge >= 0.3 is 0 Å². The molecule has 8 nitrogen and oxygen atoms in total. The lowest BCUT2D eigenvalue weighted by molar-refractivity contribution is -0.137. The summed E-state index contributed by atoms with van der Waals surface area (Å²) in [5.41, 5.74) is 1.11. The zero-order valence-corrected chi connectivity index (χ0v) is 22.2. The van der Waals surface area contributed by atoms with E-state index in [0.717, 1.165) is 76.5 Å². The first-order valence-electron chi connectivity index (χ1n) is 14.0. The monoisotopic (exact) mass is 510 g/mol. The number of para-hydroxylation sites is 1. The van der Waals surface area contributed by atoms with Crippen molar-refractivity contribution in [3.05, 3.63) is 42.0 Å². The van der Waals surface area contributed by atoms with Crippen molar-refractivity contribution in [3.8, 4) is 5.75 Å². The molecule has 1 aromatic rings. The third-order valence-corrected chi connectivity index (χ3v) is 8.56. The Balaban J connectivity index is 1.32. The average Bonchev–Trinajstić information content (AvgIpc) is 2.93. The Hall–Kier alpha value is -2.42. The van der Waals surface area contributed by atoms with Crippen LogP contribution in [0.3, 0.4) is 0 Å². The number of carbonyl (C=O) groups is 2. The number of rotatable bonds is 3. The van der Waals surface area contributed by atoms with Gasteiger partial charge in [-0.15, -0.1) is 0 Å². The van der Waals surface area contributed by atoms with Crippen LogP contribution in [0.1, 0.15) is 31.2 Å². The van der Waals surface area contributed by atoms with Crippen molar-refractivity contribution in [2.75, 3.05) is 72.7 Å². The van der Waals surface area contributed by atoms with E-state index in [9.17, 15) is 9.59 Å². The minimum atomic E-state index is 0.158. The Labute approximate surface area is 221 Å². The first-order chi connectivity index (χ1) is 18.1. The van der Waals surface area contributed by atoms with E-state index in [2.05, 4.69) is 35.1 Å². The van der Waals surface area contributed by atoms with Gasteiger partial charge in [-0.3, -0.25) is 14.5 Å². The van der Waals surface area contributed by atoms with E-state index in [-0.39, 0.29) is 23.7 Å². The zero-order chi connectivity index (χ0) is 25.6. The molecule has 2 amide bonds. The van der Waals surface area contributed by atoms with E-state index in [4.69, 9.17) is 9.47 Å². The fraction of sp³-hybridized carbons (Fsp3) is 0.655. The summed E-state index contributed by atoms with van der Waals surface area (Å²) >= 11 is 0. The summed E-state index contributed by atoms with van der Waals surface area (Å²) in [5.74, 6) is 1.72. The van der Waals surface area contributed by atoms with Crippen molar-refractivity contribution in [1.82, 2.24) is 19.6 Å². The number of fused-ring (bicyclic) bond motifs is 3. The number of likely N-dealkylation sites (N-methyl/N-ethyl adjacent to an activating group) is 1. The van der Waals surface area contributed by atoms with E-state index < -0.39 is 0 Å². The number of piperidine rings is 1. The summed E-state index contributed by atoms with van der Waals surface area (Å²) in [5, 5.41) is 0. The smallest absolute Gasteiger partial charge is 0.236 e. The SMILES string of the molecule is CN1CCN(C(=O)C[C@@H]2CCN3C[C@@H]2C=CCOc2ccccc2CN(C2CCOCC2)CC3=O)CC1. The molecule has 0 spiro atoms. The van der Waals surface area contributed by atoms with Crippen LogP contribution in [0.4, 0.5) is 0 Å². The summed E-state index contributed by atoms with van der Waals surface area (Å²) in [7, 11) is 2.11. The quantitative estimate of drug-likeness (QED) is 0.582. The van der Waals surface area contributed by atoms with Gasteiger partial charge in [-0.05, 0) is 44.2 Å². The lowest BCUT2D eigenvalue weighted by atomic mass is 9.82. The van der Waals surface area contributed by atoms with Crippen LogP contribution in [0.5, 0.6) is 5.75 Å². The molecule has 3 saturated heterocycles. The number of ether oxygens (including phenoxy) is 2. The fourth-order valence-corrected chi connectivity index (χ4v) is 6.14. The van der Waals surface area contributed by atoms with Gasteiger partial charge < -0.3 is 24.2 Å². The van der Waals surface area contributed by atoms with E-state index in [1.807, 2.05) is 28.0 Å². The van der Waals surface area contributed by atoms with Gasteiger partial charge in [0.15, 0.2) is 0 Å². The molecule has 4 heterocycles. The van der Waals surface area contributed by atoms with Crippen LogP contribution in [-0.2, 0) is 20.9 Å². The van der Waals surface area contributed by atoms with Crippen LogP contribution in [0.15, 0.2) is 36.4 Å². The number of amides is 2. The lowest BCUT2D eigenvalue weighted by Crippen LogP contribution is -2.51. The summed E-state index contributed by atoms with van der Waals surface area (Å²) in [6.45, 7) is 7.94. The Morgan fingerprint density at radius 1 is 1.00 bits per heavy atom. The van der Waals surface area contributed by atoms with E-state index in [0.29, 0.717) is 38.7 Å². The van der Waals surface area contributed by atoms with Gasteiger partial charge in [-0.25, -0.2) is 0 Å². The molecule has 8 heteroatoms. The van der Waals surface area contributed by atoms with Gasteiger partial charge in [0.05, 0.1) is 6.54 Å². The van der Waals surface area contributed by atoms with E-state index in [1.54, 1.807) is 0 Å². The molecule has 4 aliphatic rings. The fourth-order valence-electron chi connectivity index (χ4n) is 6.14. The number of carbonyl (C=O) groups excluding carboxylic acids is 2. The molecule has 1 aromatic carbocycles. The van der Waals surface area contributed by atoms with Crippen molar-refractivity contribution in [3.63, 3.8) is 0 Å². The van der Waals surface area contributed by atoms with Gasteiger partial charge in [-0.1, -0.05) is 30.4 Å². The van der Waals surface area contributed by atoms with Crippen molar-refractivity contribution in [2.24, 2.45) is 11.8 Å². The number of benzene rings is 1. The minimum Gasteiger partial charge on any atom is -0.489 e. The summed E-state index contributed by atoms with van der Waals surface area (Å²) in [6, 6.07) is 8.49. The molecule has 0 N–H and O–H groups in total. The Bertz CT molecular complexity index is 955. The average molecular weight is 511 g/mol. The van der Waals surface area contributed by atoms with Crippen LogP contribution in [0, 0.1) is 11.8 Å². The minimum absolute atomic E-state index is 0.158. The summed E-state index contributed by atoms with van der Waals surface area (Å²) < 4.78 is 11.8. The highest BCUT2D eigenvalue weighted by atomic mass is 16.5. The maximum atomic E-state index is 13.6. The Morgan fingerprint density at radius 2 is 1.78 bits per heavy atom. The normalized spacial score (nSPS) is 27.0. The Morgan fingerprint density at radius 3 is 2.59 bits per heavy atom. The van der Waals surface area contributed by atoms with Gasteiger partial charge in [-0.2, -0.15) is 0 Å². The molecule has 0 aliphatic carbocycles. The van der Waals surface area contributed by atoms with Crippen molar-refractivity contribution in [2.45, 2.75) is 38.3 Å². The number of hydrogen-bond donors (Lipinski definition) is 0. The summed E-state index contributed by atoms with van der Waals surface area (Å²) in [6.07, 6.45) is 7.57. The van der Waals surface area contributed by atoms with Crippen LogP contribution in [-0.4, -0.2) is 110 Å². The second-order valence-corrected chi connectivity index (χ2v) is 11.0. The summed E-state index contributed by atoms with van der Waals surface area (Å²) in [4.78, 5) is 35.4. The second-order valence-electron chi connectivity index (χ2n) is 11.0. The molecule has 4 aliphatic heterocycles. The first-order valence-corrected chi connectivity index (χ1v) is 14.0. The van der Waals surface area contributed by atoms with Gasteiger partial charge in [0.25, 0.3) is 0 Å². The molecule has 3 fully saturated rings. The second kappa shape index (κ2) is 12.4. The molecule has 202 valence electrons. The molecule has 37 heavy (non-hydrogen) atoms. The third kappa shape index (κ3) is 6.72. The van der Waals surface area contributed by atoms with Crippen molar-refractivity contribution >= 4 is 11.8 Å². The molecule has 2 bridgehead atoms. The zero-order valence-electron chi connectivity index (χ0n) is 22.2. The highest BCUT2D eigenvalue weighted by Gasteiger charge is 2.34. The first kappa shape index (κ1) is 26.2. The molecule has 0 unspecified atom stereocenters. The topological polar surface area (TPSA) is 65.6 Å².